The summed E-state index contributed by atoms with van der Waals surface area (Å²) in [4.78, 5) is 23.3. The molecule has 2 aromatic rings. The molecule has 0 radical (unpaired) electrons. The van der Waals surface area contributed by atoms with Crippen molar-refractivity contribution in [1.82, 2.24) is 15.0 Å². The minimum atomic E-state index is 0.193. The van der Waals surface area contributed by atoms with E-state index in [-0.39, 0.29) is 5.15 Å². The van der Waals surface area contributed by atoms with Gasteiger partial charge in [0.25, 0.3) is 0 Å². The molecular weight excluding hydrogens is 238 g/mol. The number of nitrogens with zero attached hydrogens (tertiary/aromatic N) is 3. The van der Waals surface area contributed by atoms with Crippen LogP contribution in [0.1, 0.15) is 27.6 Å². The van der Waals surface area contributed by atoms with Crippen molar-refractivity contribution < 1.29 is 4.79 Å². The van der Waals surface area contributed by atoms with Gasteiger partial charge >= 0.3 is 0 Å². The summed E-state index contributed by atoms with van der Waals surface area (Å²) in [5.41, 5.74) is 1.78. The minimum Gasteiger partial charge on any atom is -0.298 e. The highest BCUT2D eigenvalue weighted by Gasteiger charge is 2.11. The Morgan fingerprint density at radius 2 is 2.18 bits per heavy atom. The van der Waals surface area contributed by atoms with Crippen LogP contribution in [0.15, 0.2) is 24.4 Å². The van der Waals surface area contributed by atoms with E-state index in [0.29, 0.717) is 29.8 Å². The van der Waals surface area contributed by atoms with Crippen molar-refractivity contribution in [3.05, 3.63) is 52.3 Å². The second-order valence-corrected chi connectivity index (χ2v) is 3.90. The molecule has 0 bridgehead atoms. The van der Waals surface area contributed by atoms with Crippen LogP contribution in [0.3, 0.4) is 0 Å². The molecule has 0 fully saturated rings. The van der Waals surface area contributed by atoms with Crippen molar-refractivity contribution in [2.45, 2.75) is 13.3 Å². The van der Waals surface area contributed by atoms with E-state index in [1.807, 2.05) is 18.2 Å². The van der Waals surface area contributed by atoms with E-state index < -0.39 is 0 Å². The molecule has 0 spiro atoms. The number of aryl methyl sites for hydroxylation is 1. The van der Waals surface area contributed by atoms with Gasteiger partial charge in [0.2, 0.25) is 0 Å². The quantitative estimate of drug-likeness (QED) is 0.617. The van der Waals surface area contributed by atoms with E-state index in [4.69, 9.17) is 11.6 Å². The first kappa shape index (κ1) is 11.7. The molecule has 4 nitrogen and oxygen atoms in total. The summed E-state index contributed by atoms with van der Waals surface area (Å²) >= 11 is 5.90. The standard InChI is InChI=1S/C12H10ClN3O/c1-8-15-11(10(7-17)12(13)16-8)6-9-4-2-3-5-14-9/h2-5,7H,6H2,1H3. The number of carbonyl (C=O) groups excluding carboxylic acids is 1. The Morgan fingerprint density at radius 1 is 1.35 bits per heavy atom. The number of carbonyl (C=O) groups is 1. The number of aromatic nitrogens is 3. The third-order valence-electron chi connectivity index (χ3n) is 2.28. The first-order chi connectivity index (χ1) is 8.20. The number of halogens is 1. The Kier molecular flexibility index (Phi) is 3.44. The van der Waals surface area contributed by atoms with Crippen LogP contribution in [-0.2, 0) is 6.42 Å². The summed E-state index contributed by atoms with van der Waals surface area (Å²) in [5.74, 6) is 0.548. The molecule has 2 heterocycles. The second kappa shape index (κ2) is 5.01. The van der Waals surface area contributed by atoms with Crippen molar-refractivity contribution in [2.75, 3.05) is 0 Å². The second-order valence-electron chi connectivity index (χ2n) is 3.54. The molecule has 0 saturated heterocycles. The van der Waals surface area contributed by atoms with Crippen LogP contribution in [-0.4, -0.2) is 21.2 Å². The molecule has 0 aromatic carbocycles. The minimum absolute atomic E-state index is 0.193. The zero-order chi connectivity index (χ0) is 12.3. The molecule has 0 aliphatic rings. The molecule has 17 heavy (non-hydrogen) atoms. The lowest BCUT2D eigenvalue weighted by Crippen LogP contribution is -2.04. The van der Waals surface area contributed by atoms with E-state index in [1.54, 1.807) is 13.1 Å². The summed E-state index contributed by atoms with van der Waals surface area (Å²) in [6.07, 6.45) is 2.85. The van der Waals surface area contributed by atoms with Crippen LogP contribution in [0, 0.1) is 6.92 Å². The number of hydrogen-bond acceptors (Lipinski definition) is 4. The van der Waals surface area contributed by atoms with Gasteiger partial charge in [-0.05, 0) is 19.1 Å². The summed E-state index contributed by atoms with van der Waals surface area (Å²) in [6.45, 7) is 1.74. The van der Waals surface area contributed by atoms with Gasteiger partial charge in [-0.2, -0.15) is 0 Å². The lowest BCUT2D eigenvalue weighted by molar-refractivity contribution is 0.112. The van der Waals surface area contributed by atoms with Gasteiger partial charge in [0.15, 0.2) is 6.29 Å². The molecule has 0 N–H and O–H groups in total. The largest absolute Gasteiger partial charge is 0.298 e. The van der Waals surface area contributed by atoms with E-state index in [2.05, 4.69) is 15.0 Å². The van der Waals surface area contributed by atoms with Gasteiger partial charge in [0, 0.05) is 18.3 Å². The molecule has 0 unspecified atom stereocenters. The molecular formula is C12H10ClN3O. The summed E-state index contributed by atoms with van der Waals surface area (Å²) in [5, 5.41) is 0.193. The molecule has 0 aliphatic heterocycles. The van der Waals surface area contributed by atoms with Crippen LogP contribution >= 0.6 is 11.6 Å². The fourth-order valence-electron chi connectivity index (χ4n) is 1.53. The zero-order valence-corrected chi connectivity index (χ0v) is 9.98. The number of hydrogen-bond donors (Lipinski definition) is 0. The maximum Gasteiger partial charge on any atom is 0.155 e. The molecule has 2 aromatic heterocycles. The van der Waals surface area contributed by atoms with Crippen molar-refractivity contribution in [3.63, 3.8) is 0 Å². The fraction of sp³-hybridized carbons (Fsp3) is 0.167. The number of pyridine rings is 1. The van der Waals surface area contributed by atoms with Gasteiger partial charge in [-0.3, -0.25) is 9.78 Å². The van der Waals surface area contributed by atoms with Crippen LogP contribution < -0.4 is 0 Å². The van der Waals surface area contributed by atoms with Crippen LogP contribution in [0.25, 0.3) is 0 Å². The third kappa shape index (κ3) is 2.65. The number of rotatable bonds is 3. The SMILES string of the molecule is Cc1nc(Cl)c(C=O)c(Cc2ccccn2)n1. The van der Waals surface area contributed by atoms with Gasteiger partial charge in [-0.15, -0.1) is 0 Å². The predicted molar refractivity (Wildman–Crippen MR) is 64.2 cm³/mol. The molecule has 2 rings (SSSR count). The molecule has 0 amide bonds. The Morgan fingerprint density at radius 3 is 2.82 bits per heavy atom. The van der Waals surface area contributed by atoms with Crippen molar-refractivity contribution in [3.8, 4) is 0 Å². The van der Waals surface area contributed by atoms with E-state index in [0.717, 1.165) is 5.69 Å². The van der Waals surface area contributed by atoms with Gasteiger partial charge in [0.05, 0.1) is 11.3 Å². The highest BCUT2D eigenvalue weighted by molar-refractivity contribution is 6.31. The lowest BCUT2D eigenvalue weighted by atomic mass is 10.1. The highest BCUT2D eigenvalue weighted by Crippen LogP contribution is 2.17. The predicted octanol–water partition coefficient (Wildman–Crippen LogP) is 2.24. The summed E-state index contributed by atoms with van der Waals surface area (Å²) in [7, 11) is 0. The molecule has 0 aliphatic carbocycles. The van der Waals surface area contributed by atoms with Crippen LogP contribution in [0.4, 0.5) is 0 Å². The number of aldehydes is 1. The zero-order valence-electron chi connectivity index (χ0n) is 9.22. The maximum absolute atomic E-state index is 11.0. The van der Waals surface area contributed by atoms with Crippen LogP contribution in [0.5, 0.6) is 0 Å². The summed E-state index contributed by atoms with van der Waals surface area (Å²) in [6, 6.07) is 5.60. The van der Waals surface area contributed by atoms with E-state index in [9.17, 15) is 4.79 Å². The average Bonchev–Trinajstić information content (AvgIpc) is 2.30. The smallest absolute Gasteiger partial charge is 0.155 e. The average molecular weight is 248 g/mol. The first-order valence-electron chi connectivity index (χ1n) is 5.09. The summed E-state index contributed by atoms with van der Waals surface area (Å²) < 4.78 is 0. The van der Waals surface area contributed by atoms with Crippen molar-refractivity contribution >= 4 is 17.9 Å². The van der Waals surface area contributed by atoms with Gasteiger partial charge in [-0.1, -0.05) is 17.7 Å². The topological polar surface area (TPSA) is 55.7 Å². The highest BCUT2D eigenvalue weighted by atomic mass is 35.5. The van der Waals surface area contributed by atoms with E-state index >= 15 is 0 Å². The first-order valence-corrected chi connectivity index (χ1v) is 5.46. The van der Waals surface area contributed by atoms with Gasteiger partial charge in [0.1, 0.15) is 11.0 Å². The lowest BCUT2D eigenvalue weighted by Gasteiger charge is -2.06. The van der Waals surface area contributed by atoms with Crippen LogP contribution in [0.2, 0.25) is 5.15 Å². The Bertz CT molecular complexity index is 543. The molecule has 0 saturated carbocycles. The molecule has 0 atom stereocenters. The maximum atomic E-state index is 11.0. The monoisotopic (exact) mass is 247 g/mol. The Balaban J connectivity index is 2.41. The molecule has 86 valence electrons. The third-order valence-corrected chi connectivity index (χ3v) is 2.57. The molecule has 5 heteroatoms. The van der Waals surface area contributed by atoms with Gasteiger partial charge in [-0.25, -0.2) is 9.97 Å². The Hall–Kier alpha value is -1.81. The normalized spacial score (nSPS) is 10.2. The van der Waals surface area contributed by atoms with E-state index in [1.165, 1.54) is 0 Å². The van der Waals surface area contributed by atoms with Gasteiger partial charge < -0.3 is 0 Å². The fourth-order valence-corrected chi connectivity index (χ4v) is 1.80. The van der Waals surface area contributed by atoms with Crippen molar-refractivity contribution in [2.24, 2.45) is 0 Å². The Labute approximate surface area is 104 Å². The van der Waals surface area contributed by atoms with Crippen molar-refractivity contribution in [1.29, 1.82) is 0 Å².